The number of benzene rings is 4. The average Bonchev–Trinajstić information content (AvgIpc) is 3.03. The van der Waals surface area contributed by atoms with Crippen molar-refractivity contribution >= 4 is 66.8 Å². The van der Waals surface area contributed by atoms with Crippen LogP contribution in [-0.4, -0.2) is 48.9 Å². The molecule has 2 aliphatic rings. The third-order valence-electron chi connectivity index (χ3n) is 7.76. The second-order valence-corrected chi connectivity index (χ2v) is 13.7. The van der Waals surface area contributed by atoms with Crippen LogP contribution in [0.15, 0.2) is 105 Å². The van der Waals surface area contributed by atoms with Crippen molar-refractivity contribution in [3.05, 3.63) is 123 Å². The summed E-state index contributed by atoms with van der Waals surface area (Å²) in [5.74, 6) is -1.14. The van der Waals surface area contributed by atoms with Gasteiger partial charge < -0.3 is 9.11 Å². The van der Waals surface area contributed by atoms with Crippen LogP contribution in [0.5, 0.6) is 0 Å². The average molecular weight is 727 g/mol. The van der Waals surface area contributed by atoms with Crippen molar-refractivity contribution in [2.75, 3.05) is 10.9 Å². The van der Waals surface area contributed by atoms with Crippen LogP contribution in [-0.2, 0) is 25.0 Å². The Morgan fingerprint density at radius 1 is 0.600 bits per heavy atom. The van der Waals surface area contributed by atoms with E-state index in [0.717, 1.165) is 57.7 Å². The fourth-order valence-electron chi connectivity index (χ4n) is 5.43. The molecule has 0 amide bonds. The van der Waals surface area contributed by atoms with Gasteiger partial charge in [0.25, 0.3) is 0 Å². The fourth-order valence-corrected chi connectivity index (χ4v) is 6.58. The van der Waals surface area contributed by atoms with Crippen LogP contribution in [0.25, 0.3) is 23.3 Å². The first kappa shape index (κ1) is 39.2. The van der Waals surface area contributed by atoms with Gasteiger partial charge in [-0.25, -0.2) is 16.8 Å². The Morgan fingerprint density at radius 2 is 1.16 bits per heavy atom. The summed E-state index contributed by atoms with van der Waals surface area (Å²) in [6.45, 7) is 3.77. The molecule has 0 radical (unpaired) electrons. The van der Waals surface area contributed by atoms with E-state index in [1.165, 1.54) is 6.08 Å². The molecule has 2 aliphatic carbocycles. The van der Waals surface area contributed by atoms with Gasteiger partial charge in [0.15, 0.2) is 0 Å². The number of carbonyl (C=O) groups excluding carboxylic acids is 2. The molecule has 0 saturated carbocycles. The molecule has 4 aromatic carbocycles. The number of rotatable bonds is 7. The molecule has 0 heterocycles. The predicted molar refractivity (Wildman–Crippen MR) is 179 cm³/mol. The molecule has 16 heteroatoms. The van der Waals surface area contributed by atoms with E-state index in [-0.39, 0.29) is 76.0 Å². The molecule has 0 aromatic heterocycles. The molecule has 12 nitrogen and oxygen atoms in total. The maximum absolute atomic E-state index is 13.2. The number of carbonyl (C=O) groups is 2. The number of hydrogen-bond acceptors (Lipinski definition) is 12. The Hall–Kier alpha value is -3.54. The van der Waals surface area contributed by atoms with E-state index >= 15 is 0 Å². The Balaban J connectivity index is 0.00000281. The van der Waals surface area contributed by atoms with Gasteiger partial charge in [0.2, 0.25) is 11.6 Å². The smallest absolute Gasteiger partial charge is 0.744 e. The van der Waals surface area contributed by atoms with Crippen LogP contribution < -0.4 is 70.0 Å². The van der Waals surface area contributed by atoms with Gasteiger partial charge in [-0.1, -0.05) is 42.5 Å². The molecule has 242 valence electrons. The van der Waals surface area contributed by atoms with E-state index in [0.29, 0.717) is 17.1 Å². The van der Waals surface area contributed by atoms with Crippen LogP contribution in [0.1, 0.15) is 38.2 Å². The Kier molecular flexibility index (Phi) is 12.1. The monoisotopic (exact) mass is 726 g/mol. The summed E-state index contributed by atoms with van der Waals surface area (Å²) in [7, 11) is -10.1. The van der Waals surface area contributed by atoms with Crippen molar-refractivity contribution in [3.63, 3.8) is 0 Å². The van der Waals surface area contributed by atoms with Crippen LogP contribution in [0.2, 0.25) is 0 Å². The predicted octanol–water partition coefficient (Wildman–Crippen LogP) is -1.15. The maximum Gasteiger partial charge on any atom is 1.00 e. The number of fused-ring (bicyclic) bond motifs is 2. The number of hydrogen-bond donors (Lipinski definition) is 2. The molecule has 4 aromatic rings. The van der Waals surface area contributed by atoms with Gasteiger partial charge in [-0.3, -0.25) is 20.4 Å². The third kappa shape index (κ3) is 8.16. The maximum atomic E-state index is 13.2. The normalized spacial score (nSPS) is 15.4. The minimum atomic E-state index is -5.23. The van der Waals surface area contributed by atoms with E-state index in [1.54, 1.807) is 24.3 Å². The fraction of sp³-hybridized carbons (Fsp3) is 0.0588. The number of hydrazone groups is 2. The molecule has 0 fully saturated rings. The quantitative estimate of drug-likeness (QED) is 0.133. The van der Waals surface area contributed by atoms with E-state index in [4.69, 9.17) is 0 Å². The minimum absolute atomic E-state index is 0. The first-order chi connectivity index (χ1) is 22.7. The third-order valence-corrected chi connectivity index (χ3v) is 9.44. The molecule has 0 aliphatic heterocycles. The van der Waals surface area contributed by atoms with Gasteiger partial charge in [-0.2, -0.15) is 10.2 Å². The summed E-state index contributed by atoms with van der Waals surface area (Å²) < 4.78 is 70.4. The Morgan fingerprint density at radius 3 is 1.72 bits per heavy atom. The molecule has 2 N–H and O–H groups in total. The summed E-state index contributed by atoms with van der Waals surface area (Å²) in [6.07, 6.45) is 4.06. The van der Waals surface area contributed by atoms with Crippen LogP contribution in [0.3, 0.4) is 0 Å². The number of allylic oxidation sites excluding steroid dienone is 2. The molecule has 0 atom stereocenters. The Labute approximate surface area is 332 Å². The molecular weight excluding hydrogens is 703 g/mol. The van der Waals surface area contributed by atoms with Crippen LogP contribution in [0.4, 0.5) is 11.4 Å². The van der Waals surface area contributed by atoms with Crippen LogP contribution in [0, 0.1) is 13.8 Å². The summed E-state index contributed by atoms with van der Waals surface area (Å²) in [5.41, 5.74) is 11.1. The zero-order chi connectivity index (χ0) is 34.4. The first-order valence-electron chi connectivity index (χ1n) is 14.2. The molecular formula is C34H24N4Na2O8S2. The summed E-state index contributed by atoms with van der Waals surface area (Å²) >= 11 is 0. The molecule has 0 bridgehead atoms. The van der Waals surface area contributed by atoms with E-state index in [2.05, 4.69) is 21.1 Å². The van der Waals surface area contributed by atoms with Gasteiger partial charge in [-0.05, 0) is 102 Å². The van der Waals surface area contributed by atoms with Gasteiger partial charge in [-0.15, -0.1) is 0 Å². The van der Waals surface area contributed by atoms with Crippen molar-refractivity contribution in [1.82, 2.24) is 0 Å². The van der Waals surface area contributed by atoms with Crippen LogP contribution >= 0.6 is 0 Å². The zero-order valence-corrected chi connectivity index (χ0v) is 32.8. The summed E-state index contributed by atoms with van der Waals surface area (Å²) in [4.78, 5) is 24.0. The number of Topliss-reactive ketones (excluding diaryl/α,β-unsaturated/α-hetero) is 1. The molecule has 6 rings (SSSR count). The largest absolute Gasteiger partial charge is 1.00 e. The molecule has 0 saturated heterocycles. The molecule has 50 heavy (non-hydrogen) atoms. The molecule has 0 unspecified atom stereocenters. The number of aryl methyl sites for hydroxylation is 2. The summed E-state index contributed by atoms with van der Waals surface area (Å²) in [5, 5.41) is 8.33. The topological polar surface area (TPSA) is 197 Å². The standard InChI is InChI=1S/C34H26N4O8S2.2Na/c1-19-15-23(35-37-32-28-6-4-3-5-21(28)7-14-30(32)39)8-11-26(19)27-12-9-24(16-20(27)2)36-38-33-31(48(44,45)46)18-22-17-25(47(41,42)43)10-13-29(22)34(33)40;;/h3-18,35-36H,1-2H3,(H,41,42,43)(H,44,45,46);;/q;2*+1/p-2/b37-32-,38-33+;;. The van der Waals surface area contributed by atoms with E-state index in [1.807, 2.05) is 56.3 Å². The minimum Gasteiger partial charge on any atom is -0.744 e. The van der Waals surface area contributed by atoms with Gasteiger partial charge in [0, 0.05) is 11.1 Å². The van der Waals surface area contributed by atoms with Crippen molar-refractivity contribution in [1.29, 1.82) is 0 Å². The van der Waals surface area contributed by atoms with Crippen molar-refractivity contribution in [2.45, 2.75) is 18.7 Å². The first-order valence-corrected chi connectivity index (χ1v) is 17.1. The van der Waals surface area contributed by atoms with Crippen molar-refractivity contribution in [2.24, 2.45) is 10.2 Å². The van der Waals surface area contributed by atoms with Gasteiger partial charge >= 0.3 is 59.1 Å². The number of nitrogens with one attached hydrogen (secondary N) is 2. The SMILES string of the molecule is Cc1cc(N/N=C2/C(=O)c3ccc(S(=O)(=O)[O-])cc3C=C2S(=O)(=O)[O-])ccc1-c1ccc(N/N=C2\C(=O)C=Cc3ccccc32)cc1C.[Na+].[Na+]. The number of ketones is 2. The van der Waals surface area contributed by atoms with Gasteiger partial charge in [0.1, 0.15) is 31.7 Å². The zero-order valence-electron chi connectivity index (χ0n) is 27.2. The second kappa shape index (κ2) is 15.4. The number of nitrogens with zero attached hydrogens (tertiary/aromatic N) is 2. The Bertz CT molecular complexity index is 2420. The molecule has 0 spiro atoms. The van der Waals surface area contributed by atoms with E-state index in [9.17, 15) is 35.5 Å². The van der Waals surface area contributed by atoms with Gasteiger partial charge in [0.05, 0.1) is 21.2 Å². The number of anilines is 2. The van der Waals surface area contributed by atoms with Crippen molar-refractivity contribution < 1.29 is 94.6 Å². The van der Waals surface area contributed by atoms with E-state index < -0.39 is 41.5 Å². The second-order valence-electron chi connectivity index (χ2n) is 11.0. The van der Waals surface area contributed by atoms with Crippen molar-refractivity contribution in [3.8, 4) is 11.1 Å². The summed E-state index contributed by atoms with van der Waals surface area (Å²) in [6, 6.07) is 21.1.